The second kappa shape index (κ2) is 9.66. The minimum Gasteiger partial charge on any atom is -0.494 e. The number of nitro benzene ring substituents is 1. The van der Waals surface area contributed by atoms with Gasteiger partial charge in [-0.25, -0.2) is 9.67 Å². The van der Waals surface area contributed by atoms with Gasteiger partial charge in [-0.3, -0.25) is 14.9 Å². The summed E-state index contributed by atoms with van der Waals surface area (Å²) in [5, 5.41) is 19.4. The van der Waals surface area contributed by atoms with Gasteiger partial charge in [0.1, 0.15) is 11.4 Å². The van der Waals surface area contributed by atoms with E-state index in [2.05, 4.69) is 20.4 Å². The molecule has 1 saturated heterocycles. The molecule has 1 fully saturated rings. The number of rotatable bonds is 7. The van der Waals surface area contributed by atoms with E-state index in [-0.39, 0.29) is 17.1 Å². The van der Waals surface area contributed by atoms with Gasteiger partial charge >= 0.3 is 0 Å². The Balaban J connectivity index is 1.69. The number of carbonyl (C=O) groups excluding carboxylic acids is 1. The van der Waals surface area contributed by atoms with Crippen LogP contribution in [0.1, 0.15) is 36.8 Å². The number of anilines is 3. The number of nitro groups is 1. The van der Waals surface area contributed by atoms with Crippen molar-refractivity contribution in [1.29, 1.82) is 0 Å². The summed E-state index contributed by atoms with van der Waals surface area (Å²) >= 11 is 0. The Hall–Kier alpha value is -4.06. The van der Waals surface area contributed by atoms with Gasteiger partial charge in [-0.1, -0.05) is 20.8 Å². The zero-order valence-electron chi connectivity index (χ0n) is 20.0. The fraction of sp³-hybridized carbons (Fsp3) is 0.391. The quantitative estimate of drug-likeness (QED) is 0.304. The molecule has 0 unspecified atom stereocenters. The molecule has 184 valence electrons. The molecule has 0 aliphatic carbocycles. The van der Waals surface area contributed by atoms with Crippen LogP contribution in [0.2, 0.25) is 0 Å². The molecule has 0 saturated carbocycles. The lowest BCUT2D eigenvalue weighted by Gasteiger charge is -2.29. The minimum atomic E-state index is -0.425. The fourth-order valence-electron chi connectivity index (χ4n) is 3.86. The molecule has 12 heteroatoms. The number of hydrogen-bond acceptors (Lipinski definition) is 10. The van der Waals surface area contributed by atoms with Crippen molar-refractivity contribution in [3.63, 3.8) is 0 Å². The third kappa shape index (κ3) is 5.06. The van der Waals surface area contributed by atoms with Crippen molar-refractivity contribution in [2.75, 3.05) is 43.6 Å². The number of aromatic nitrogens is 4. The van der Waals surface area contributed by atoms with Crippen molar-refractivity contribution in [3.8, 4) is 11.6 Å². The first-order valence-corrected chi connectivity index (χ1v) is 11.1. The number of ether oxygens (including phenoxy) is 2. The van der Waals surface area contributed by atoms with Gasteiger partial charge in [0.25, 0.3) is 5.69 Å². The summed E-state index contributed by atoms with van der Waals surface area (Å²) in [5.41, 5.74) is 1.53. The van der Waals surface area contributed by atoms with Crippen LogP contribution in [-0.2, 0) is 10.2 Å². The molecular formula is C23H27N7O5. The number of morpholine rings is 1. The number of nitrogens with one attached hydrogen (secondary N) is 1. The van der Waals surface area contributed by atoms with E-state index in [0.717, 1.165) is 6.29 Å². The summed E-state index contributed by atoms with van der Waals surface area (Å²) in [5.74, 6) is 1.03. The highest BCUT2D eigenvalue weighted by Gasteiger charge is 2.26. The highest BCUT2D eigenvalue weighted by atomic mass is 16.6. The summed E-state index contributed by atoms with van der Waals surface area (Å²) in [7, 11) is 1.49. The van der Waals surface area contributed by atoms with Gasteiger partial charge in [0.15, 0.2) is 12.1 Å². The molecule has 0 atom stereocenters. The number of methoxy groups -OCH3 is 1. The predicted octanol–water partition coefficient (Wildman–Crippen LogP) is 3.27. The molecule has 0 bridgehead atoms. The molecule has 12 nitrogen and oxygen atoms in total. The third-order valence-corrected chi connectivity index (χ3v) is 5.55. The summed E-state index contributed by atoms with van der Waals surface area (Å²) in [4.78, 5) is 33.6. The van der Waals surface area contributed by atoms with Gasteiger partial charge < -0.3 is 19.7 Å². The van der Waals surface area contributed by atoms with Crippen molar-refractivity contribution in [1.82, 2.24) is 19.7 Å². The van der Waals surface area contributed by atoms with E-state index in [0.29, 0.717) is 60.5 Å². The third-order valence-electron chi connectivity index (χ3n) is 5.55. The predicted molar refractivity (Wildman–Crippen MR) is 129 cm³/mol. The minimum absolute atomic E-state index is 0.0659. The zero-order valence-corrected chi connectivity index (χ0v) is 20.0. The van der Waals surface area contributed by atoms with Crippen molar-refractivity contribution >= 4 is 29.3 Å². The van der Waals surface area contributed by atoms with Gasteiger partial charge in [-0.2, -0.15) is 10.1 Å². The molecule has 4 rings (SSSR count). The SMILES string of the molecule is COc1cc(N2CCOCC2)c([N+](=O)[O-])cc1Nc1nccc(-n2cc(C=O)c(C(C)(C)C)n2)n1. The second-order valence-electron chi connectivity index (χ2n) is 9.01. The van der Waals surface area contributed by atoms with E-state index in [1.165, 1.54) is 24.1 Å². The molecule has 0 amide bonds. The van der Waals surface area contributed by atoms with Crippen LogP contribution < -0.4 is 15.0 Å². The maximum atomic E-state index is 11.9. The van der Waals surface area contributed by atoms with E-state index in [9.17, 15) is 14.9 Å². The first-order valence-electron chi connectivity index (χ1n) is 11.1. The Morgan fingerprint density at radius 2 is 2.00 bits per heavy atom. The Kier molecular flexibility index (Phi) is 6.65. The molecule has 1 aliphatic heterocycles. The molecule has 2 aromatic heterocycles. The average molecular weight is 482 g/mol. The van der Waals surface area contributed by atoms with E-state index in [1.807, 2.05) is 25.7 Å². The highest BCUT2D eigenvalue weighted by molar-refractivity contribution is 5.78. The number of nitrogens with zero attached hydrogens (tertiary/aromatic N) is 6. The standard InChI is InChI=1S/C23H27N7O5/c1-23(2,3)21-15(14-31)13-29(27-21)20-5-6-24-22(26-20)25-16-11-18(30(32)33)17(12-19(16)34-4)28-7-9-35-10-8-28/h5-6,11-14H,7-10H2,1-4H3,(H,24,25,26). The second-order valence-corrected chi connectivity index (χ2v) is 9.01. The molecule has 35 heavy (non-hydrogen) atoms. The number of aldehydes is 1. The van der Waals surface area contributed by atoms with Crippen LogP contribution >= 0.6 is 0 Å². The van der Waals surface area contributed by atoms with Crippen LogP contribution in [0.15, 0.2) is 30.6 Å². The lowest BCUT2D eigenvalue weighted by Crippen LogP contribution is -2.36. The maximum Gasteiger partial charge on any atom is 0.294 e. The van der Waals surface area contributed by atoms with Crippen LogP contribution in [0.5, 0.6) is 5.75 Å². The normalized spacial score (nSPS) is 14.0. The van der Waals surface area contributed by atoms with E-state index in [4.69, 9.17) is 9.47 Å². The molecule has 1 N–H and O–H groups in total. The van der Waals surface area contributed by atoms with Crippen LogP contribution in [0.3, 0.4) is 0 Å². The van der Waals surface area contributed by atoms with Crippen LogP contribution in [0, 0.1) is 10.1 Å². The van der Waals surface area contributed by atoms with E-state index in [1.54, 1.807) is 18.3 Å². The van der Waals surface area contributed by atoms with Crippen molar-refractivity contribution in [2.24, 2.45) is 0 Å². The van der Waals surface area contributed by atoms with Crippen molar-refractivity contribution < 1.29 is 19.2 Å². The lowest BCUT2D eigenvalue weighted by atomic mass is 9.90. The summed E-state index contributed by atoms with van der Waals surface area (Å²) in [6, 6.07) is 4.70. The summed E-state index contributed by atoms with van der Waals surface area (Å²) in [6.07, 6.45) is 3.92. The Labute approximate surface area is 202 Å². The zero-order chi connectivity index (χ0) is 25.2. The van der Waals surface area contributed by atoms with Gasteiger partial charge in [-0.15, -0.1) is 0 Å². The van der Waals surface area contributed by atoms with Crippen molar-refractivity contribution in [2.45, 2.75) is 26.2 Å². The number of hydrogen-bond donors (Lipinski definition) is 1. The molecule has 3 heterocycles. The molecular weight excluding hydrogens is 454 g/mol. The van der Waals surface area contributed by atoms with Gasteiger partial charge in [-0.05, 0) is 0 Å². The first kappa shape index (κ1) is 24.1. The summed E-state index contributed by atoms with van der Waals surface area (Å²) < 4.78 is 12.4. The van der Waals surface area contributed by atoms with Crippen LogP contribution in [-0.4, -0.2) is 64.4 Å². The molecule has 3 aromatic rings. The van der Waals surface area contributed by atoms with E-state index >= 15 is 0 Å². The monoisotopic (exact) mass is 481 g/mol. The highest BCUT2D eigenvalue weighted by Crippen LogP contribution is 2.39. The van der Waals surface area contributed by atoms with Gasteiger partial charge in [0.2, 0.25) is 5.95 Å². The van der Waals surface area contributed by atoms with E-state index < -0.39 is 4.92 Å². The van der Waals surface area contributed by atoms with Gasteiger partial charge in [0.05, 0.1) is 42.2 Å². The van der Waals surface area contributed by atoms with Crippen LogP contribution in [0.4, 0.5) is 23.0 Å². The largest absolute Gasteiger partial charge is 0.494 e. The fourth-order valence-corrected chi connectivity index (χ4v) is 3.86. The Bertz CT molecular complexity index is 1250. The maximum absolute atomic E-state index is 11.9. The first-order chi connectivity index (χ1) is 16.7. The summed E-state index contributed by atoms with van der Waals surface area (Å²) in [6.45, 7) is 8.00. The molecule has 1 aromatic carbocycles. The molecule has 0 radical (unpaired) electrons. The number of benzene rings is 1. The van der Waals surface area contributed by atoms with Gasteiger partial charge in [0, 0.05) is 49.1 Å². The Morgan fingerprint density at radius 1 is 1.26 bits per heavy atom. The Morgan fingerprint density at radius 3 is 2.60 bits per heavy atom. The number of carbonyl (C=O) groups is 1. The lowest BCUT2D eigenvalue weighted by molar-refractivity contribution is -0.384. The topological polar surface area (TPSA) is 138 Å². The molecule has 1 aliphatic rings. The molecule has 0 spiro atoms. The van der Waals surface area contributed by atoms with Crippen molar-refractivity contribution in [3.05, 3.63) is 52.0 Å². The van der Waals surface area contributed by atoms with Crippen LogP contribution in [0.25, 0.3) is 5.82 Å². The smallest absolute Gasteiger partial charge is 0.294 e. The average Bonchev–Trinajstić information content (AvgIpc) is 3.30.